The van der Waals surface area contributed by atoms with Gasteiger partial charge in [0.25, 0.3) is 0 Å². The highest BCUT2D eigenvalue weighted by molar-refractivity contribution is 5.76. The van der Waals surface area contributed by atoms with Gasteiger partial charge in [0.2, 0.25) is 5.91 Å². The number of carbonyl (C=O) groups is 1. The molecular weight excluding hydrogens is 164 g/mol. The predicted molar refractivity (Wildman–Crippen MR) is 53.2 cm³/mol. The van der Waals surface area contributed by atoms with E-state index in [-0.39, 0.29) is 11.9 Å². The van der Waals surface area contributed by atoms with Gasteiger partial charge in [-0.25, -0.2) is 0 Å². The van der Waals surface area contributed by atoms with E-state index < -0.39 is 0 Å². The number of amides is 1. The van der Waals surface area contributed by atoms with Gasteiger partial charge >= 0.3 is 0 Å². The van der Waals surface area contributed by atoms with Gasteiger partial charge in [0.15, 0.2) is 0 Å². The Labute approximate surface area is 80.3 Å². The Balaban J connectivity index is 2.37. The first-order valence-corrected chi connectivity index (χ1v) is 5.13. The molecule has 0 spiro atoms. The van der Waals surface area contributed by atoms with E-state index in [2.05, 4.69) is 13.8 Å². The summed E-state index contributed by atoms with van der Waals surface area (Å²) < 4.78 is 0. The molecule has 1 saturated heterocycles. The van der Waals surface area contributed by atoms with E-state index in [9.17, 15) is 4.79 Å². The summed E-state index contributed by atoms with van der Waals surface area (Å²) in [7, 11) is 0. The fourth-order valence-corrected chi connectivity index (χ4v) is 1.71. The monoisotopic (exact) mass is 184 g/mol. The molecule has 0 bridgehead atoms. The molecule has 1 amide bonds. The second-order valence-electron chi connectivity index (χ2n) is 4.34. The van der Waals surface area contributed by atoms with E-state index in [1.54, 1.807) is 0 Å². The summed E-state index contributed by atoms with van der Waals surface area (Å²) in [6, 6.07) is 0.199. The van der Waals surface area contributed by atoms with Gasteiger partial charge in [-0.1, -0.05) is 13.8 Å². The Morgan fingerprint density at radius 3 is 2.85 bits per heavy atom. The maximum Gasteiger partial charge on any atom is 0.222 e. The summed E-state index contributed by atoms with van der Waals surface area (Å²) in [6.07, 6.45) is 2.78. The number of carbonyl (C=O) groups excluding carboxylic acids is 1. The summed E-state index contributed by atoms with van der Waals surface area (Å²) in [5.41, 5.74) is 5.80. The fourth-order valence-electron chi connectivity index (χ4n) is 1.71. The van der Waals surface area contributed by atoms with Crippen LogP contribution in [0.2, 0.25) is 0 Å². The van der Waals surface area contributed by atoms with Gasteiger partial charge in [0, 0.05) is 25.6 Å². The van der Waals surface area contributed by atoms with Crippen LogP contribution in [0.4, 0.5) is 0 Å². The van der Waals surface area contributed by atoms with Crippen LogP contribution in [0.1, 0.15) is 33.1 Å². The molecule has 1 aliphatic heterocycles. The third-order valence-corrected chi connectivity index (χ3v) is 2.39. The van der Waals surface area contributed by atoms with E-state index in [4.69, 9.17) is 5.73 Å². The summed E-state index contributed by atoms with van der Waals surface area (Å²) in [4.78, 5) is 13.5. The molecule has 3 nitrogen and oxygen atoms in total. The SMILES string of the molecule is CC(C)CC(=O)N1CCC[C@H](N)C1. The van der Waals surface area contributed by atoms with Crippen molar-refractivity contribution in [2.75, 3.05) is 13.1 Å². The van der Waals surface area contributed by atoms with Crippen molar-refractivity contribution in [1.29, 1.82) is 0 Å². The van der Waals surface area contributed by atoms with Crippen molar-refractivity contribution in [1.82, 2.24) is 4.90 Å². The molecule has 0 radical (unpaired) electrons. The van der Waals surface area contributed by atoms with Crippen molar-refractivity contribution in [3.05, 3.63) is 0 Å². The second kappa shape index (κ2) is 4.61. The summed E-state index contributed by atoms with van der Waals surface area (Å²) in [5.74, 6) is 0.718. The van der Waals surface area contributed by atoms with Crippen LogP contribution in [0.5, 0.6) is 0 Å². The summed E-state index contributed by atoms with van der Waals surface area (Å²) in [6.45, 7) is 5.80. The Bertz CT molecular complexity index is 180. The number of nitrogens with zero attached hydrogens (tertiary/aromatic N) is 1. The first-order chi connectivity index (χ1) is 6.09. The van der Waals surface area contributed by atoms with Crippen molar-refractivity contribution in [2.45, 2.75) is 39.2 Å². The minimum Gasteiger partial charge on any atom is -0.341 e. The number of hydrogen-bond acceptors (Lipinski definition) is 2. The number of nitrogens with two attached hydrogens (primary N) is 1. The first kappa shape index (κ1) is 10.5. The van der Waals surface area contributed by atoms with Crippen molar-refractivity contribution >= 4 is 5.91 Å². The molecule has 1 atom stereocenters. The molecular formula is C10H20N2O. The highest BCUT2D eigenvalue weighted by atomic mass is 16.2. The minimum absolute atomic E-state index is 0.199. The highest BCUT2D eigenvalue weighted by Gasteiger charge is 2.21. The van der Waals surface area contributed by atoms with E-state index in [0.717, 1.165) is 25.9 Å². The first-order valence-electron chi connectivity index (χ1n) is 5.13. The summed E-state index contributed by atoms with van der Waals surface area (Å²) >= 11 is 0. The number of hydrogen-bond donors (Lipinski definition) is 1. The van der Waals surface area contributed by atoms with Gasteiger partial charge in [0.05, 0.1) is 0 Å². The van der Waals surface area contributed by atoms with Gasteiger partial charge in [-0.2, -0.15) is 0 Å². The Kier molecular flexibility index (Phi) is 3.72. The lowest BCUT2D eigenvalue weighted by atomic mass is 10.0. The average molecular weight is 184 g/mol. The topological polar surface area (TPSA) is 46.3 Å². The van der Waals surface area contributed by atoms with Gasteiger partial charge in [0.1, 0.15) is 0 Å². The van der Waals surface area contributed by atoms with Crippen molar-refractivity contribution < 1.29 is 4.79 Å². The molecule has 13 heavy (non-hydrogen) atoms. The number of rotatable bonds is 2. The zero-order valence-electron chi connectivity index (χ0n) is 8.62. The van der Waals surface area contributed by atoms with E-state index >= 15 is 0 Å². The standard InChI is InChI=1S/C10H20N2O/c1-8(2)6-10(13)12-5-3-4-9(11)7-12/h8-9H,3-7,11H2,1-2H3/t9-/m0/s1. The normalized spacial score (nSPS) is 23.7. The Morgan fingerprint density at radius 2 is 2.31 bits per heavy atom. The number of piperidine rings is 1. The third-order valence-electron chi connectivity index (χ3n) is 2.39. The molecule has 0 aromatic rings. The van der Waals surface area contributed by atoms with Gasteiger partial charge < -0.3 is 10.6 Å². The van der Waals surface area contributed by atoms with Crippen LogP contribution in [0.3, 0.4) is 0 Å². The van der Waals surface area contributed by atoms with Crippen LogP contribution < -0.4 is 5.73 Å². The molecule has 1 heterocycles. The lowest BCUT2D eigenvalue weighted by molar-refractivity contribution is -0.133. The smallest absolute Gasteiger partial charge is 0.222 e. The highest BCUT2D eigenvalue weighted by Crippen LogP contribution is 2.11. The molecule has 0 aromatic heterocycles. The molecule has 2 N–H and O–H groups in total. The molecule has 3 heteroatoms. The molecule has 0 saturated carbocycles. The van der Waals surface area contributed by atoms with Crippen molar-refractivity contribution in [3.63, 3.8) is 0 Å². The Morgan fingerprint density at radius 1 is 1.62 bits per heavy atom. The summed E-state index contributed by atoms with van der Waals surface area (Å²) in [5, 5.41) is 0. The zero-order valence-corrected chi connectivity index (χ0v) is 8.62. The van der Waals surface area contributed by atoms with Crippen LogP contribution >= 0.6 is 0 Å². The van der Waals surface area contributed by atoms with E-state index in [1.807, 2.05) is 4.90 Å². The fraction of sp³-hybridized carbons (Fsp3) is 0.900. The van der Waals surface area contributed by atoms with Crippen LogP contribution in [-0.4, -0.2) is 29.9 Å². The van der Waals surface area contributed by atoms with E-state index in [0.29, 0.717) is 12.3 Å². The zero-order chi connectivity index (χ0) is 9.84. The van der Waals surface area contributed by atoms with Crippen LogP contribution in [0.15, 0.2) is 0 Å². The maximum absolute atomic E-state index is 11.6. The van der Waals surface area contributed by atoms with Crippen molar-refractivity contribution in [2.24, 2.45) is 11.7 Å². The van der Waals surface area contributed by atoms with Gasteiger partial charge in [-0.15, -0.1) is 0 Å². The predicted octanol–water partition coefficient (Wildman–Crippen LogP) is 0.982. The molecule has 1 aliphatic rings. The molecule has 76 valence electrons. The third kappa shape index (κ3) is 3.35. The lowest BCUT2D eigenvalue weighted by Crippen LogP contribution is -2.45. The van der Waals surface area contributed by atoms with Crippen LogP contribution in [-0.2, 0) is 4.79 Å². The molecule has 0 aliphatic carbocycles. The lowest BCUT2D eigenvalue weighted by Gasteiger charge is -2.31. The minimum atomic E-state index is 0.199. The van der Waals surface area contributed by atoms with Crippen LogP contribution in [0, 0.1) is 5.92 Å². The number of likely N-dealkylation sites (tertiary alicyclic amines) is 1. The quantitative estimate of drug-likeness (QED) is 0.695. The largest absolute Gasteiger partial charge is 0.341 e. The van der Waals surface area contributed by atoms with Crippen molar-refractivity contribution in [3.8, 4) is 0 Å². The van der Waals surface area contributed by atoms with Crippen LogP contribution in [0.25, 0.3) is 0 Å². The van der Waals surface area contributed by atoms with Gasteiger partial charge in [-0.3, -0.25) is 4.79 Å². The molecule has 0 aromatic carbocycles. The molecule has 0 unspecified atom stereocenters. The average Bonchev–Trinajstić information content (AvgIpc) is 2.03. The Hall–Kier alpha value is -0.570. The maximum atomic E-state index is 11.6. The second-order valence-corrected chi connectivity index (χ2v) is 4.34. The molecule has 1 rings (SSSR count). The van der Waals surface area contributed by atoms with Gasteiger partial charge in [-0.05, 0) is 18.8 Å². The molecule has 1 fully saturated rings. The van der Waals surface area contributed by atoms with E-state index in [1.165, 1.54) is 0 Å².